The van der Waals surface area contributed by atoms with Crippen molar-refractivity contribution >= 4 is 0 Å². The molecule has 0 saturated carbocycles. The maximum atomic E-state index is 5.41. The monoisotopic (exact) mass is 722 g/mol. The standard InChI is InChI=1S/C36H62N4O2.4ClH/c1-41-35-23-13-11-21-33(35)31-39-29-19-9-7-17-27-37-25-15-5-3-4-6-16-26-38-28-18-8-10-20-30-40-32-34-22-12-14-24-36(34)42-2;;;;/h11-14,21-24,37-40H,3-10,15-20,25-32H2,1-2H3;4*1H/p-4. The molecule has 0 aliphatic carbocycles. The minimum Gasteiger partial charge on any atom is -1.00 e. The highest BCUT2D eigenvalue weighted by atomic mass is 35.5. The number of methoxy groups -OCH3 is 2. The molecule has 2 aromatic rings. The third-order valence-corrected chi connectivity index (χ3v) is 7.89. The second-order valence-corrected chi connectivity index (χ2v) is 11.4. The molecule has 10 heteroatoms. The highest BCUT2D eigenvalue weighted by Crippen LogP contribution is 2.17. The molecule has 0 radical (unpaired) electrons. The van der Waals surface area contributed by atoms with E-state index in [1.54, 1.807) is 14.2 Å². The van der Waals surface area contributed by atoms with Crippen molar-refractivity contribution in [1.82, 2.24) is 21.3 Å². The summed E-state index contributed by atoms with van der Waals surface area (Å²) >= 11 is 0. The van der Waals surface area contributed by atoms with Crippen LogP contribution in [0.4, 0.5) is 0 Å². The molecule has 0 aliphatic heterocycles. The second-order valence-electron chi connectivity index (χ2n) is 11.4. The maximum absolute atomic E-state index is 5.41. The highest BCUT2D eigenvalue weighted by molar-refractivity contribution is 5.33. The molecule has 0 amide bonds. The molecule has 46 heavy (non-hydrogen) atoms. The minimum absolute atomic E-state index is 0. The van der Waals surface area contributed by atoms with E-state index in [0.29, 0.717) is 0 Å². The molecular weight excluding hydrogens is 662 g/mol. The molecule has 6 nitrogen and oxygen atoms in total. The van der Waals surface area contributed by atoms with Crippen molar-refractivity contribution in [3.8, 4) is 11.5 Å². The van der Waals surface area contributed by atoms with Gasteiger partial charge in [0.2, 0.25) is 0 Å². The molecule has 0 heterocycles. The molecule has 0 aromatic heterocycles. The first-order valence-electron chi connectivity index (χ1n) is 16.9. The summed E-state index contributed by atoms with van der Waals surface area (Å²) in [6.07, 6.45) is 18.5. The van der Waals surface area contributed by atoms with Crippen molar-refractivity contribution in [3.63, 3.8) is 0 Å². The van der Waals surface area contributed by atoms with E-state index in [9.17, 15) is 0 Å². The van der Waals surface area contributed by atoms with Gasteiger partial charge in [0, 0.05) is 24.2 Å². The van der Waals surface area contributed by atoms with Crippen LogP contribution in [0.1, 0.15) is 101 Å². The summed E-state index contributed by atoms with van der Waals surface area (Å²) in [4.78, 5) is 0. The number of rotatable bonds is 29. The molecule has 2 aromatic carbocycles. The lowest BCUT2D eigenvalue weighted by atomic mass is 10.1. The van der Waals surface area contributed by atoms with Gasteiger partial charge in [0.05, 0.1) is 14.2 Å². The topological polar surface area (TPSA) is 66.6 Å². The number of hydrogen-bond donors (Lipinski definition) is 4. The second kappa shape index (κ2) is 36.9. The van der Waals surface area contributed by atoms with Crippen LogP contribution in [0.3, 0.4) is 0 Å². The number of benzene rings is 2. The van der Waals surface area contributed by atoms with E-state index < -0.39 is 0 Å². The van der Waals surface area contributed by atoms with E-state index >= 15 is 0 Å². The molecule has 0 aliphatic rings. The molecule has 0 spiro atoms. The Hall–Kier alpha value is -0.960. The molecule has 0 saturated heterocycles. The van der Waals surface area contributed by atoms with Gasteiger partial charge in [0.1, 0.15) is 11.5 Å². The minimum atomic E-state index is 0. The fraction of sp³-hybridized carbons (Fsp3) is 0.667. The lowest BCUT2D eigenvalue weighted by Gasteiger charge is -2.09. The van der Waals surface area contributed by atoms with Gasteiger partial charge < -0.3 is 80.4 Å². The molecule has 0 atom stereocenters. The van der Waals surface area contributed by atoms with Crippen molar-refractivity contribution in [1.29, 1.82) is 0 Å². The van der Waals surface area contributed by atoms with Crippen LogP contribution >= 0.6 is 0 Å². The highest BCUT2D eigenvalue weighted by Gasteiger charge is 2.01. The Morgan fingerprint density at radius 3 is 0.935 bits per heavy atom. The van der Waals surface area contributed by atoms with Crippen LogP contribution in [-0.2, 0) is 13.1 Å². The molecule has 0 bridgehead atoms. The van der Waals surface area contributed by atoms with Gasteiger partial charge in [-0.25, -0.2) is 0 Å². The van der Waals surface area contributed by atoms with Crippen molar-refractivity contribution < 1.29 is 59.1 Å². The Morgan fingerprint density at radius 1 is 0.370 bits per heavy atom. The Morgan fingerprint density at radius 2 is 0.630 bits per heavy atom. The van der Waals surface area contributed by atoms with Gasteiger partial charge in [-0.1, -0.05) is 87.8 Å². The lowest BCUT2D eigenvalue weighted by Crippen LogP contribution is -3.00. The Kier molecular flexibility index (Phi) is 39.6. The number of halogens is 4. The van der Waals surface area contributed by atoms with Crippen molar-refractivity contribution in [2.24, 2.45) is 0 Å². The zero-order valence-electron chi connectivity index (χ0n) is 28.5. The molecule has 2 rings (SSSR count). The number of unbranched alkanes of at least 4 members (excludes halogenated alkanes) is 11. The van der Waals surface area contributed by atoms with Gasteiger partial charge >= 0.3 is 0 Å². The zero-order chi connectivity index (χ0) is 29.8. The number of ether oxygens (including phenoxy) is 2. The van der Waals surface area contributed by atoms with E-state index in [-0.39, 0.29) is 49.6 Å². The number of nitrogens with one attached hydrogen (secondary N) is 4. The van der Waals surface area contributed by atoms with Crippen LogP contribution in [-0.4, -0.2) is 53.5 Å². The number of para-hydroxylation sites is 2. The summed E-state index contributed by atoms with van der Waals surface area (Å²) in [5.41, 5.74) is 2.47. The van der Waals surface area contributed by atoms with Crippen LogP contribution in [0.5, 0.6) is 11.5 Å². The van der Waals surface area contributed by atoms with Crippen molar-refractivity contribution in [3.05, 3.63) is 59.7 Å². The largest absolute Gasteiger partial charge is 1.00 e. The average molecular weight is 725 g/mol. The van der Waals surface area contributed by atoms with Crippen LogP contribution in [0.2, 0.25) is 0 Å². The predicted molar refractivity (Wildman–Crippen MR) is 180 cm³/mol. The molecule has 0 unspecified atom stereocenters. The lowest BCUT2D eigenvalue weighted by molar-refractivity contribution is -0.00100. The van der Waals surface area contributed by atoms with Gasteiger partial charge in [-0.15, -0.1) is 0 Å². The van der Waals surface area contributed by atoms with Gasteiger partial charge in [-0.2, -0.15) is 0 Å². The fourth-order valence-electron chi connectivity index (χ4n) is 5.31. The Labute approximate surface area is 306 Å². The normalized spacial score (nSPS) is 10.2. The first kappa shape index (κ1) is 49.4. The number of hydrogen-bond acceptors (Lipinski definition) is 6. The third-order valence-electron chi connectivity index (χ3n) is 7.89. The Bertz CT molecular complexity index is 827. The molecule has 0 fully saturated rings. The summed E-state index contributed by atoms with van der Waals surface area (Å²) < 4.78 is 10.8. The average Bonchev–Trinajstić information content (AvgIpc) is 3.03. The van der Waals surface area contributed by atoms with Crippen LogP contribution in [0, 0.1) is 0 Å². The smallest absolute Gasteiger partial charge is 0.123 e. The first-order chi connectivity index (χ1) is 20.8. The summed E-state index contributed by atoms with van der Waals surface area (Å²) in [6, 6.07) is 16.5. The van der Waals surface area contributed by atoms with Gasteiger partial charge in [-0.05, 0) is 89.9 Å². The summed E-state index contributed by atoms with van der Waals surface area (Å²) in [6.45, 7) is 8.62. The van der Waals surface area contributed by atoms with Gasteiger partial charge in [0.15, 0.2) is 0 Å². The van der Waals surface area contributed by atoms with Crippen molar-refractivity contribution in [2.45, 2.75) is 103 Å². The van der Waals surface area contributed by atoms with Gasteiger partial charge in [-0.3, -0.25) is 0 Å². The quantitative estimate of drug-likeness (QED) is 0.0634. The Balaban J connectivity index is -0.00000462. The SMILES string of the molecule is COc1ccccc1CNCCCCCCNCCCCCCCCNCCCCCCNCc1ccccc1OC.[Cl-].[Cl-].[Cl-].[Cl-]. The van der Waals surface area contributed by atoms with Crippen molar-refractivity contribution in [2.75, 3.05) is 53.5 Å². The summed E-state index contributed by atoms with van der Waals surface area (Å²) in [5, 5.41) is 14.4. The summed E-state index contributed by atoms with van der Waals surface area (Å²) in [7, 11) is 3.48. The molecule has 270 valence electrons. The van der Waals surface area contributed by atoms with Crippen LogP contribution in [0.15, 0.2) is 48.5 Å². The zero-order valence-corrected chi connectivity index (χ0v) is 31.5. The van der Waals surface area contributed by atoms with Gasteiger partial charge in [0.25, 0.3) is 0 Å². The van der Waals surface area contributed by atoms with Crippen LogP contribution < -0.4 is 80.4 Å². The van der Waals surface area contributed by atoms with E-state index in [2.05, 4.69) is 45.5 Å². The predicted octanol–water partition coefficient (Wildman–Crippen LogP) is -4.76. The fourth-order valence-corrected chi connectivity index (χ4v) is 5.31. The van der Waals surface area contributed by atoms with Crippen LogP contribution in [0.25, 0.3) is 0 Å². The first-order valence-corrected chi connectivity index (χ1v) is 16.9. The van der Waals surface area contributed by atoms with E-state index in [4.69, 9.17) is 9.47 Å². The van der Waals surface area contributed by atoms with E-state index in [1.165, 1.54) is 127 Å². The van der Waals surface area contributed by atoms with E-state index in [0.717, 1.165) is 37.7 Å². The maximum Gasteiger partial charge on any atom is 0.123 e. The third kappa shape index (κ3) is 26.0. The summed E-state index contributed by atoms with van der Waals surface area (Å²) in [5.74, 6) is 1.95. The molecule has 4 N–H and O–H groups in total. The molecular formula is C36H62Cl4N4O2-4. The van der Waals surface area contributed by atoms with E-state index in [1.807, 2.05) is 24.3 Å².